The molecule has 0 spiro atoms. The van der Waals surface area contributed by atoms with Crippen molar-refractivity contribution in [3.05, 3.63) is 45.9 Å². The highest BCUT2D eigenvalue weighted by Gasteiger charge is 2.16. The minimum atomic E-state index is -3.77. The summed E-state index contributed by atoms with van der Waals surface area (Å²) in [5.74, 6) is -0.519. The molecule has 2 N–H and O–H groups in total. The fraction of sp³-hybridized carbons (Fsp3) is 0.286. The second kappa shape index (κ2) is 7.62. The lowest BCUT2D eigenvalue weighted by Crippen LogP contribution is -2.27. The number of hydrogen-bond acceptors (Lipinski definition) is 5. The van der Waals surface area contributed by atoms with E-state index in [4.69, 9.17) is 0 Å². The summed E-state index contributed by atoms with van der Waals surface area (Å²) < 4.78 is 39.1. The van der Waals surface area contributed by atoms with Crippen molar-refractivity contribution in [2.75, 3.05) is 13.2 Å². The molecule has 9 heteroatoms. The molecular weight excluding hydrogens is 341 g/mol. The predicted molar refractivity (Wildman–Crippen MR) is 85.6 cm³/mol. The first kappa shape index (κ1) is 17.5. The Balaban J connectivity index is 2.11. The van der Waals surface area contributed by atoms with E-state index in [9.17, 15) is 17.6 Å². The van der Waals surface area contributed by atoms with E-state index in [1.807, 2.05) is 6.92 Å². The zero-order valence-corrected chi connectivity index (χ0v) is 14.0. The van der Waals surface area contributed by atoms with Crippen molar-refractivity contribution in [1.29, 1.82) is 0 Å². The Labute approximate surface area is 137 Å². The molecule has 0 saturated carbocycles. The van der Waals surface area contributed by atoms with Gasteiger partial charge >= 0.3 is 0 Å². The Morgan fingerprint density at radius 1 is 1.39 bits per heavy atom. The van der Waals surface area contributed by atoms with Crippen LogP contribution in [0.2, 0.25) is 0 Å². The van der Waals surface area contributed by atoms with Crippen LogP contribution in [0.1, 0.15) is 21.1 Å². The normalized spacial score (nSPS) is 11.4. The Bertz CT molecular complexity index is 790. The maximum absolute atomic E-state index is 12.3. The minimum absolute atomic E-state index is 0.0302. The second-order valence-electron chi connectivity index (χ2n) is 4.66. The molecule has 0 aliphatic rings. The summed E-state index contributed by atoms with van der Waals surface area (Å²) in [5.41, 5.74) is 0.791. The van der Waals surface area contributed by atoms with Crippen molar-refractivity contribution in [3.63, 3.8) is 0 Å². The van der Waals surface area contributed by atoms with Crippen LogP contribution >= 0.6 is 11.3 Å². The number of aryl methyl sites for hydroxylation is 1. The number of sulfonamides is 1. The highest BCUT2D eigenvalue weighted by Crippen LogP contribution is 2.13. The molecule has 124 valence electrons. The number of alkyl halides is 1. The summed E-state index contributed by atoms with van der Waals surface area (Å²) >= 11 is 1.44. The van der Waals surface area contributed by atoms with Gasteiger partial charge in [0.15, 0.2) is 0 Å². The van der Waals surface area contributed by atoms with Crippen LogP contribution in [-0.2, 0) is 16.6 Å². The standard InChI is InChI=1S/C14H16FN3O3S2/c1-10-18-12(9-22-10)8-17-23(20,21)13-4-2-3-11(7-13)14(19)16-6-5-15/h2-4,7,9,17H,5-6,8H2,1H3,(H,16,19). The van der Waals surface area contributed by atoms with Crippen molar-refractivity contribution in [1.82, 2.24) is 15.0 Å². The molecule has 0 unspecified atom stereocenters. The van der Waals surface area contributed by atoms with Gasteiger partial charge in [0.1, 0.15) is 6.67 Å². The van der Waals surface area contributed by atoms with Gasteiger partial charge in [-0.25, -0.2) is 22.5 Å². The average Bonchev–Trinajstić information content (AvgIpc) is 2.96. The van der Waals surface area contributed by atoms with E-state index >= 15 is 0 Å². The molecule has 0 bridgehead atoms. The number of halogens is 1. The zero-order valence-electron chi connectivity index (χ0n) is 12.4. The van der Waals surface area contributed by atoms with E-state index < -0.39 is 22.6 Å². The maximum Gasteiger partial charge on any atom is 0.251 e. The number of aromatic nitrogens is 1. The van der Waals surface area contributed by atoms with Crippen molar-refractivity contribution >= 4 is 27.3 Å². The number of thiazole rings is 1. The first-order chi connectivity index (χ1) is 10.9. The molecule has 1 aromatic heterocycles. The smallest absolute Gasteiger partial charge is 0.251 e. The number of hydrogen-bond donors (Lipinski definition) is 2. The van der Waals surface area contributed by atoms with Gasteiger partial charge in [-0.1, -0.05) is 6.07 Å². The van der Waals surface area contributed by atoms with Gasteiger partial charge in [-0.3, -0.25) is 4.79 Å². The monoisotopic (exact) mass is 357 g/mol. The van der Waals surface area contributed by atoms with Gasteiger partial charge < -0.3 is 5.32 Å². The predicted octanol–water partition coefficient (Wildman–Crippen LogP) is 1.63. The SMILES string of the molecule is Cc1nc(CNS(=O)(=O)c2cccc(C(=O)NCCF)c2)cs1. The minimum Gasteiger partial charge on any atom is -0.349 e. The lowest BCUT2D eigenvalue weighted by Gasteiger charge is -2.08. The number of nitrogens with one attached hydrogen (secondary N) is 2. The third-order valence-electron chi connectivity index (χ3n) is 2.90. The third-order valence-corrected chi connectivity index (χ3v) is 5.12. The lowest BCUT2D eigenvalue weighted by atomic mass is 10.2. The Morgan fingerprint density at radius 3 is 2.83 bits per heavy atom. The van der Waals surface area contributed by atoms with E-state index in [1.54, 1.807) is 5.38 Å². The Morgan fingerprint density at radius 2 is 2.17 bits per heavy atom. The molecule has 0 fully saturated rings. The van der Waals surface area contributed by atoms with Crippen LogP contribution in [0, 0.1) is 6.92 Å². The molecule has 0 atom stereocenters. The van der Waals surface area contributed by atoms with E-state index in [-0.39, 0.29) is 23.5 Å². The van der Waals surface area contributed by atoms with Crippen LogP contribution in [-0.4, -0.2) is 32.5 Å². The number of carbonyl (C=O) groups excluding carboxylic acids is 1. The van der Waals surface area contributed by atoms with Crippen LogP contribution in [0.4, 0.5) is 4.39 Å². The van der Waals surface area contributed by atoms with Gasteiger partial charge in [0, 0.05) is 17.5 Å². The quantitative estimate of drug-likeness (QED) is 0.788. The molecule has 0 aliphatic heterocycles. The highest BCUT2D eigenvalue weighted by atomic mass is 32.2. The van der Waals surface area contributed by atoms with Gasteiger partial charge in [0.05, 0.1) is 22.1 Å². The summed E-state index contributed by atoms with van der Waals surface area (Å²) in [6, 6.07) is 5.57. The first-order valence-corrected chi connectivity index (χ1v) is 9.13. The molecule has 0 aliphatic carbocycles. The molecule has 2 rings (SSSR count). The number of nitrogens with zero attached hydrogens (tertiary/aromatic N) is 1. The lowest BCUT2D eigenvalue weighted by molar-refractivity contribution is 0.0950. The molecule has 0 saturated heterocycles. The second-order valence-corrected chi connectivity index (χ2v) is 7.48. The maximum atomic E-state index is 12.3. The van der Waals surface area contributed by atoms with E-state index in [1.165, 1.54) is 35.6 Å². The van der Waals surface area contributed by atoms with Gasteiger partial charge in [-0.2, -0.15) is 0 Å². The van der Waals surface area contributed by atoms with Gasteiger partial charge in [-0.05, 0) is 25.1 Å². The van der Waals surface area contributed by atoms with Crippen LogP contribution in [0.15, 0.2) is 34.5 Å². The van der Waals surface area contributed by atoms with Crippen molar-refractivity contribution < 1.29 is 17.6 Å². The number of rotatable bonds is 7. The van der Waals surface area contributed by atoms with E-state index in [2.05, 4.69) is 15.0 Å². The van der Waals surface area contributed by atoms with Crippen molar-refractivity contribution in [3.8, 4) is 0 Å². The van der Waals surface area contributed by atoms with Crippen molar-refractivity contribution in [2.24, 2.45) is 0 Å². The molecule has 1 heterocycles. The summed E-state index contributed by atoms with van der Waals surface area (Å²) in [6.45, 7) is 1.11. The van der Waals surface area contributed by atoms with E-state index in [0.29, 0.717) is 5.69 Å². The molecule has 0 radical (unpaired) electrons. The average molecular weight is 357 g/mol. The van der Waals surface area contributed by atoms with Gasteiger partial charge in [0.25, 0.3) is 5.91 Å². The molecular formula is C14H16FN3O3S2. The van der Waals surface area contributed by atoms with Crippen LogP contribution in [0.3, 0.4) is 0 Å². The van der Waals surface area contributed by atoms with Crippen LogP contribution in [0.25, 0.3) is 0 Å². The number of benzene rings is 1. The highest BCUT2D eigenvalue weighted by molar-refractivity contribution is 7.89. The number of carbonyl (C=O) groups is 1. The topological polar surface area (TPSA) is 88.2 Å². The fourth-order valence-corrected chi connectivity index (χ4v) is 3.47. The van der Waals surface area contributed by atoms with Gasteiger partial charge in [0.2, 0.25) is 10.0 Å². The van der Waals surface area contributed by atoms with Crippen molar-refractivity contribution in [2.45, 2.75) is 18.4 Å². The molecule has 1 amide bonds. The molecule has 2 aromatic rings. The summed E-state index contributed by atoms with van der Waals surface area (Å²) in [7, 11) is -3.77. The van der Waals surface area contributed by atoms with E-state index in [0.717, 1.165) is 5.01 Å². The zero-order chi connectivity index (χ0) is 16.9. The largest absolute Gasteiger partial charge is 0.349 e. The van der Waals surface area contributed by atoms with Gasteiger partial charge in [-0.15, -0.1) is 11.3 Å². The molecule has 6 nitrogen and oxygen atoms in total. The third kappa shape index (κ3) is 4.81. The summed E-state index contributed by atoms with van der Waals surface area (Å²) in [6.07, 6.45) is 0. The van der Waals surface area contributed by atoms with Crippen LogP contribution < -0.4 is 10.0 Å². The van der Waals surface area contributed by atoms with Crippen LogP contribution in [0.5, 0.6) is 0 Å². The Hall–Kier alpha value is -1.84. The molecule has 23 heavy (non-hydrogen) atoms. The Kier molecular flexibility index (Phi) is 5.80. The number of amides is 1. The summed E-state index contributed by atoms with van der Waals surface area (Å²) in [4.78, 5) is 15.9. The first-order valence-electron chi connectivity index (χ1n) is 6.77. The fourth-order valence-electron chi connectivity index (χ4n) is 1.81. The molecule has 1 aromatic carbocycles. The summed E-state index contributed by atoms with van der Waals surface area (Å²) in [5, 5.41) is 4.98.